The molecule has 4 aromatic rings. The molecule has 2 heterocycles. The minimum atomic E-state index is -0.641. The lowest BCUT2D eigenvalue weighted by Gasteiger charge is -2.12. The molecular weight excluding hydrogens is 344 g/mol. The van der Waals surface area contributed by atoms with Crippen molar-refractivity contribution < 1.29 is 14.6 Å². The van der Waals surface area contributed by atoms with Crippen LogP contribution in [0.4, 0.5) is 10.5 Å². The maximum absolute atomic E-state index is 12.4. The van der Waals surface area contributed by atoms with Crippen molar-refractivity contribution in [2.75, 3.05) is 5.32 Å². The number of pyridine rings is 1. The first-order chi connectivity index (χ1) is 13.2. The number of hydrogen-bond acceptors (Lipinski definition) is 5. The second-order valence-corrected chi connectivity index (χ2v) is 5.79. The van der Waals surface area contributed by atoms with Crippen molar-refractivity contribution >= 4 is 22.7 Å². The summed E-state index contributed by atoms with van der Waals surface area (Å²) in [6, 6.07) is 18.1. The van der Waals surface area contributed by atoms with Gasteiger partial charge in [0.15, 0.2) is 5.75 Å². The summed E-state index contributed by atoms with van der Waals surface area (Å²) in [5.41, 5.74) is 2.52. The summed E-state index contributed by atoms with van der Waals surface area (Å²) in [5, 5.41) is 17.2. The van der Waals surface area contributed by atoms with Crippen LogP contribution < -0.4 is 10.1 Å². The zero-order chi connectivity index (χ0) is 18.6. The first-order valence-corrected chi connectivity index (χ1v) is 8.31. The number of carbonyl (C=O) groups is 1. The lowest BCUT2D eigenvalue weighted by Crippen LogP contribution is -2.18. The van der Waals surface area contributed by atoms with Gasteiger partial charge in [-0.25, -0.2) is 9.48 Å². The summed E-state index contributed by atoms with van der Waals surface area (Å²) in [6.07, 6.45) is 2.51. The van der Waals surface area contributed by atoms with Crippen LogP contribution >= 0.6 is 0 Å². The van der Waals surface area contributed by atoms with Crippen molar-refractivity contribution in [1.82, 2.24) is 14.8 Å². The van der Waals surface area contributed by atoms with Gasteiger partial charge in [-0.05, 0) is 30.3 Å². The number of anilines is 1. The molecule has 7 heteroatoms. The molecule has 0 fully saturated rings. The van der Waals surface area contributed by atoms with Gasteiger partial charge in [0.25, 0.3) is 0 Å². The van der Waals surface area contributed by atoms with Crippen LogP contribution in [0.2, 0.25) is 0 Å². The van der Waals surface area contributed by atoms with Crippen molar-refractivity contribution in [1.29, 1.82) is 0 Å². The van der Waals surface area contributed by atoms with Gasteiger partial charge in [0.1, 0.15) is 5.69 Å². The monoisotopic (exact) mass is 360 g/mol. The largest absolute Gasteiger partial charge is 0.417 e. The molecule has 0 aliphatic carbocycles. The van der Waals surface area contributed by atoms with E-state index in [1.54, 1.807) is 42.7 Å². The highest BCUT2D eigenvalue weighted by molar-refractivity contribution is 5.90. The number of ether oxygens (including phenoxy) is 1. The fraction of sp³-hybridized carbons (Fsp3) is 0.0500. The van der Waals surface area contributed by atoms with Crippen LogP contribution in [-0.4, -0.2) is 26.0 Å². The van der Waals surface area contributed by atoms with Crippen LogP contribution in [0.25, 0.3) is 16.6 Å². The number of hydrogen-bond donors (Lipinski definition) is 2. The summed E-state index contributed by atoms with van der Waals surface area (Å²) >= 11 is 0. The summed E-state index contributed by atoms with van der Waals surface area (Å²) in [7, 11) is 0. The first-order valence-electron chi connectivity index (χ1n) is 8.31. The Morgan fingerprint density at radius 3 is 2.81 bits per heavy atom. The Labute approximate surface area is 154 Å². The Morgan fingerprint density at radius 2 is 1.93 bits per heavy atom. The predicted octanol–water partition coefficient (Wildman–Crippen LogP) is 3.52. The number of aliphatic hydroxyl groups is 1. The van der Waals surface area contributed by atoms with Crippen molar-refractivity contribution in [3.05, 3.63) is 78.8 Å². The van der Waals surface area contributed by atoms with Gasteiger partial charge >= 0.3 is 6.09 Å². The number of nitrogens with zero attached hydrogens (tertiary/aromatic N) is 3. The Kier molecular flexibility index (Phi) is 4.51. The Bertz CT molecular complexity index is 1110. The van der Waals surface area contributed by atoms with Crippen LogP contribution in [0, 0.1) is 0 Å². The zero-order valence-corrected chi connectivity index (χ0v) is 14.2. The van der Waals surface area contributed by atoms with Gasteiger partial charge in [-0.2, -0.15) is 5.10 Å². The van der Waals surface area contributed by atoms with Crippen LogP contribution in [0.15, 0.2) is 73.1 Å². The van der Waals surface area contributed by atoms with E-state index in [0.29, 0.717) is 22.8 Å². The minimum Gasteiger partial charge on any atom is -0.408 e. The van der Waals surface area contributed by atoms with E-state index in [1.807, 2.05) is 30.3 Å². The highest BCUT2D eigenvalue weighted by atomic mass is 16.6. The minimum absolute atomic E-state index is 0.177. The van der Waals surface area contributed by atoms with E-state index in [9.17, 15) is 9.90 Å². The van der Waals surface area contributed by atoms with Crippen molar-refractivity contribution in [3.63, 3.8) is 0 Å². The Hall–Kier alpha value is -3.71. The number of nitrogens with one attached hydrogen (secondary N) is 1. The van der Waals surface area contributed by atoms with Gasteiger partial charge in [-0.1, -0.05) is 30.3 Å². The molecule has 27 heavy (non-hydrogen) atoms. The van der Waals surface area contributed by atoms with Crippen molar-refractivity contribution in [3.8, 4) is 11.4 Å². The Balaban J connectivity index is 1.56. The predicted molar refractivity (Wildman–Crippen MR) is 101 cm³/mol. The van der Waals surface area contributed by atoms with Gasteiger partial charge in [0.2, 0.25) is 0 Å². The average Bonchev–Trinajstić information content (AvgIpc) is 3.17. The number of aromatic nitrogens is 3. The molecule has 0 saturated heterocycles. The molecule has 2 N–H and O–H groups in total. The summed E-state index contributed by atoms with van der Waals surface area (Å²) < 4.78 is 6.99. The molecule has 0 aliphatic heterocycles. The van der Waals surface area contributed by atoms with Gasteiger partial charge in [-0.15, -0.1) is 0 Å². The molecule has 0 bridgehead atoms. The van der Waals surface area contributed by atoms with E-state index in [0.717, 1.165) is 10.9 Å². The fourth-order valence-corrected chi connectivity index (χ4v) is 2.77. The van der Waals surface area contributed by atoms with Crippen LogP contribution in [-0.2, 0) is 6.61 Å². The van der Waals surface area contributed by atoms with E-state index in [1.165, 1.54) is 4.68 Å². The van der Waals surface area contributed by atoms with E-state index < -0.39 is 6.09 Å². The number of para-hydroxylation sites is 3. The normalized spacial score (nSPS) is 10.7. The molecule has 0 radical (unpaired) electrons. The molecule has 0 unspecified atom stereocenters. The fourth-order valence-electron chi connectivity index (χ4n) is 2.77. The maximum atomic E-state index is 12.4. The third-order valence-corrected chi connectivity index (χ3v) is 4.02. The second kappa shape index (κ2) is 7.27. The lowest BCUT2D eigenvalue weighted by molar-refractivity contribution is 0.215. The third-order valence-electron chi connectivity index (χ3n) is 4.02. The number of carbonyl (C=O) groups excluding carboxylic acids is 1. The first kappa shape index (κ1) is 16.7. The maximum Gasteiger partial charge on any atom is 0.417 e. The van der Waals surface area contributed by atoms with Gasteiger partial charge in [-0.3, -0.25) is 10.3 Å². The standard InChI is InChI=1S/C20H16N4O3/c25-13-16-9-10-22-24(16)18-7-3-4-8-19(18)27-20(26)23-15-11-14-5-1-2-6-17(14)21-12-15/h1-12,25H,13H2,(H,23,26). The van der Waals surface area contributed by atoms with Gasteiger partial charge in [0, 0.05) is 11.6 Å². The van der Waals surface area contributed by atoms with E-state index >= 15 is 0 Å². The van der Waals surface area contributed by atoms with Crippen molar-refractivity contribution in [2.45, 2.75) is 6.61 Å². The van der Waals surface area contributed by atoms with Gasteiger partial charge < -0.3 is 9.84 Å². The lowest BCUT2D eigenvalue weighted by atomic mass is 10.2. The van der Waals surface area contributed by atoms with Gasteiger partial charge in [0.05, 0.1) is 29.7 Å². The summed E-state index contributed by atoms with van der Waals surface area (Å²) in [5.74, 6) is 0.321. The molecule has 0 saturated carbocycles. The van der Waals surface area contributed by atoms with Crippen LogP contribution in [0.3, 0.4) is 0 Å². The molecule has 0 atom stereocenters. The molecule has 0 spiro atoms. The molecule has 1 amide bonds. The molecule has 2 aromatic carbocycles. The molecule has 0 aliphatic rings. The molecule has 7 nitrogen and oxygen atoms in total. The molecule has 134 valence electrons. The number of rotatable bonds is 4. The Morgan fingerprint density at radius 1 is 1.11 bits per heavy atom. The quantitative estimate of drug-likeness (QED) is 0.581. The topological polar surface area (TPSA) is 89.3 Å². The molecule has 4 rings (SSSR count). The number of amides is 1. The van der Waals surface area contributed by atoms with Crippen molar-refractivity contribution in [2.24, 2.45) is 0 Å². The van der Waals surface area contributed by atoms with E-state index in [2.05, 4.69) is 15.4 Å². The highest BCUT2D eigenvalue weighted by Gasteiger charge is 2.13. The van der Waals surface area contributed by atoms with Crippen LogP contribution in [0.1, 0.15) is 5.69 Å². The third kappa shape index (κ3) is 3.49. The SMILES string of the molecule is O=C(Nc1cnc2ccccc2c1)Oc1ccccc1-n1nccc1CO. The second-order valence-electron chi connectivity index (χ2n) is 5.79. The summed E-state index contributed by atoms with van der Waals surface area (Å²) in [6.45, 7) is -0.177. The smallest absolute Gasteiger partial charge is 0.408 e. The average molecular weight is 360 g/mol. The zero-order valence-electron chi connectivity index (χ0n) is 14.2. The number of benzene rings is 2. The van der Waals surface area contributed by atoms with E-state index in [-0.39, 0.29) is 6.61 Å². The number of aliphatic hydroxyl groups excluding tert-OH is 1. The molecular formula is C20H16N4O3. The summed E-state index contributed by atoms with van der Waals surface area (Å²) in [4.78, 5) is 16.7. The number of fused-ring (bicyclic) bond motifs is 1. The van der Waals surface area contributed by atoms with Crippen LogP contribution in [0.5, 0.6) is 5.75 Å². The highest BCUT2D eigenvalue weighted by Crippen LogP contribution is 2.24. The molecule has 2 aromatic heterocycles. The van der Waals surface area contributed by atoms with E-state index in [4.69, 9.17) is 4.74 Å².